The molecule has 3 aliphatic rings. The van der Waals surface area contributed by atoms with Gasteiger partial charge in [0.25, 0.3) is 0 Å². The van der Waals surface area contributed by atoms with Gasteiger partial charge in [-0.3, -0.25) is 10.1 Å². The first-order chi connectivity index (χ1) is 9.22. The van der Waals surface area contributed by atoms with E-state index in [1.807, 2.05) is 6.08 Å². The maximum Gasteiger partial charge on any atom is 0.244 e. The molecule has 0 aromatic heterocycles. The van der Waals surface area contributed by atoms with E-state index in [-0.39, 0.29) is 11.2 Å². The second-order valence-corrected chi connectivity index (χ2v) is 6.56. The van der Waals surface area contributed by atoms with Gasteiger partial charge >= 0.3 is 0 Å². The Morgan fingerprint density at radius 2 is 1.63 bits per heavy atom. The Morgan fingerprint density at radius 3 is 2.21 bits per heavy atom. The van der Waals surface area contributed by atoms with Gasteiger partial charge in [-0.1, -0.05) is 31.8 Å². The van der Waals surface area contributed by atoms with E-state index in [4.69, 9.17) is 0 Å². The van der Waals surface area contributed by atoms with Crippen molar-refractivity contribution in [3.05, 3.63) is 12.7 Å². The molecule has 106 valence electrons. The molecule has 0 aromatic carbocycles. The molecule has 3 nitrogen and oxygen atoms in total. The predicted octanol–water partition coefficient (Wildman–Crippen LogP) is 2.97. The third-order valence-electron chi connectivity index (χ3n) is 5.34. The van der Waals surface area contributed by atoms with Crippen molar-refractivity contribution < 1.29 is 4.79 Å². The number of amides is 1. The summed E-state index contributed by atoms with van der Waals surface area (Å²) in [4.78, 5) is 15.1. The van der Waals surface area contributed by atoms with Crippen LogP contribution in [-0.4, -0.2) is 28.6 Å². The number of carbonyl (C=O) groups is 1. The highest BCUT2D eigenvalue weighted by Gasteiger charge is 2.57. The first-order valence-corrected chi connectivity index (χ1v) is 7.95. The van der Waals surface area contributed by atoms with Crippen LogP contribution in [0.3, 0.4) is 0 Å². The van der Waals surface area contributed by atoms with Gasteiger partial charge in [-0.15, -0.1) is 6.58 Å². The van der Waals surface area contributed by atoms with E-state index >= 15 is 0 Å². The minimum Gasteiger partial charge on any atom is -0.319 e. The number of carbonyl (C=O) groups excluding carboxylic acids is 1. The maximum atomic E-state index is 13.0. The second-order valence-electron chi connectivity index (χ2n) is 6.56. The molecule has 3 fully saturated rings. The number of hydrogen-bond donors (Lipinski definition) is 1. The molecule has 1 amide bonds. The van der Waals surface area contributed by atoms with Crippen LogP contribution in [0.5, 0.6) is 0 Å². The van der Waals surface area contributed by atoms with E-state index in [1.54, 1.807) is 0 Å². The van der Waals surface area contributed by atoms with Gasteiger partial charge in [0.2, 0.25) is 5.91 Å². The zero-order valence-corrected chi connectivity index (χ0v) is 11.9. The number of hydrogen-bond acceptors (Lipinski definition) is 2. The summed E-state index contributed by atoms with van der Waals surface area (Å²) in [5.41, 5.74) is -0.292. The normalized spacial score (nSPS) is 29.1. The minimum atomic E-state index is -0.237. The minimum absolute atomic E-state index is 0.0547. The predicted molar refractivity (Wildman–Crippen MR) is 76.7 cm³/mol. The van der Waals surface area contributed by atoms with Gasteiger partial charge in [0.15, 0.2) is 0 Å². The molecule has 19 heavy (non-hydrogen) atoms. The molecule has 1 saturated heterocycles. The lowest BCUT2D eigenvalue weighted by Crippen LogP contribution is -2.56. The van der Waals surface area contributed by atoms with Crippen LogP contribution in [-0.2, 0) is 4.79 Å². The highest BCUT2D eigenvalue weighted by Crippen LogP contribution is 2.44. The van der Waals surface area contributed by atoms with Crippen molar-refractivity contribution in [2.24, 2.45) is 0 Å². The van der Waals surface area contributed by atoms with Crippen LogP contribution in [0, 0.1) is 0 Å². The first-order valence-electron chi connectivity index (χ1n) is 7.95. The summed E-state index contributed by atoms with van der Waals surface area (Å²) < 4.78 is 0. The van der Waals surface area contributed by atoms with Gasteiger partial charge in [0.1, 0.15) is 0 Å². The molecule has 1 N–H and O–H groups in total. The third kappa shape index (κ3) is 2.03. The quantitative estimate of drug-likeness (QED) is 0.776. The number of nitrogens with zero attached hydrogens (tertiary/aromatic N) is 1. The van der Waals surface area contributed by atoms with Crippen LogP contribution in [0.25, 0.3) is 0 Å². The fourth-order valence-electron chi connectivity index (χ4n) is 4.43. The zero-order chi connectivity index (χ0) is 13.3. The smallest absolute Gasteiger partial charge is 0.244 e. The highest BCUT2D eigenvalue weighted by atomic mass is 16.2. The topological polar surface area (TPSA) is 32.3 Å². The third-order valence-corrected chi connectivity index (χ3v) is 5.34. The SMILES string of the molecule is C=CCN1C(=O)C2(CCCCC2)NC12CCCCC2. The summed E-state index contributed by atoms with van der Waals surface area (Å²) in [7, 11) is 0. The molecule has 0 radical (unpaired) electrons. The van der Waals surface area contributed by atoms with Gasteiger partial charge in [0.05, 0.1) is 11.2 Å². The van der Waals surface area contributed by atoms with E-state index in [2.05, 4.69) is 16.8 Å². The molecule has 1 aliphatic heterocycles. The lowest BCUT2D eigenvalue weighted by atomic mass is 9.81. The zero-order valence-electron chi connectivity index (χ0n) is 11.9. The molecule has 2 aliphatic carbocycles. The fraction of sp³-hybridized carbons (Fsp3) is 0.812. The standard InChI is InChI=1S/C16H26N2O/c1-2-13-18-14(19)15(9-5-3-6-10-15)17-16(18)11-7-4-8-12-16/h2,17H,1,3-13H2. The maximum absolute atomic E-state index is 13.0. The molecule has 1 heterocycles. The Bertz CT molecular complexity index is 365. The van der Waals surface area contributed by atoms with Crippen LogP contribution in [0.4, 0.5) is 0 Å². The first kappa shape index (κ1) is 13.2. The van der Waals surface area contributed by atoms with Crippen LogP contribution in [0.2, 0.25) is 0 Å². The highest BCUT2D eigenvalue weighted by molar-refractivity contribution is 5.90. The summed E-state index contributed by atoms with van der Waals surface area (Å²) in [5, 5.41) is 3.83. The van der Waals surface area contributed by atoms with Crippen LogP contribution in [0.1, 0.15) is 64.2 Å². The Labute approximate surface area is 116 Å². The molecule has 3 rings (SSSR count). The van der Waals surface area contributed by atoms with E-state index < -0.39 is 0 Å². The Balaban J connectivity index is 1.90. The molecule has 0 unspecified atom stereocenters. The summed E-state index contributed by atoms with van der Waals surface area (Å²) in [6.45, 7) is 4.55. The number of rotatable bonds is 2. The van der Waals surface area contributed by atoms with E-state index in [0.29, 0.717) is 12.5 Å². The molecule has 2 saturated carbocycles. The summed E-state index contributed by atoms with van der Waals surface area (Å²) >= 11 is 0. The van der Waals surface area contributed by atoms with Crippen molar-refractivity contribution >= 4 is 5.91 Å². The van der Waals surface area contributed by atoms with Crippen molar-refractivity contribution in [1.29, 1.82) is 0 Å². The van der Waals surface area contributed by atoms with Gasteiger partial charge in [-0.25, -0.2) is 0 Å². The van der Waals surface area contributed by atoms with Gasteiger partial charge in [-0.2, -0.15) is 0 Å². The summed E-state index contributed by atoms with van der Waals surface area (Å²) in [6, 6.07) is 0. The molecule has 0 bridgehead atoms. The van der Waals surface area contributed by atoms with Crippen LogP contribution >= 0.6 is 0 Å². The monoisotopic (exact) mass is 262 g/mol. The van der Waals surface area contributed by atoms with E-state index in [1.165, 1.54) is 38.5 Å². The lowest BCUT2D eigenvalue weighted by molar-refractivity contribution is -0.135. The largest absolute Gasteiger partial charge is 0.319 e. The van der Waals surface area contributed by atoms with Crippen LogP contribution < -0.4 is 5.32 Å². The average Bonchev–Trinajstić information content (AvgIpc) is 2.64. The average molecular weight is 262 g/mol. The lowest BCUT2D eigenvalue weighted by Gasteiger charge is -2.41. The Kier molecular flexibility index (Phi) is 3.42. The molecular formula is C16H26N2O. The summed E-state index contributed by atoms with van der Waals surface area (Å²) in [5.74, 6) is 0.356. The molecule has 0 atom stereocenters. The fourth-order valence-corrected chi connectivity index (χ4v) is 4.43. The number of nitrogens with one attached hydrogen (secondary N) is 1. The van der Waals surface area contributed by atoms with Gasteiger partial charge in [0, 0.05) is 6.54 Å². The van der Waals surface area contributed by atoms with E-state index in [9.17, 15) is 4.79 Å². The molecule has 2 spiro atoms. The van der Waals surface area contributed by atoms with Gasteiger partial charge in [-0.05, 0) is 38.5 Å². The van der Waals surface area contributed by atoms with Gasteiger partial charge < -0.3 is 4.90 Å². The second kappa shape index (κ2) is 4.93. The van der Waals surface area contributed by atoms with Crippen molar-refractivity contribution in [1.82, 2.24) is 10.2 Å². The Morgan fingerprint density at radius 1 is 1.05 bits per heavy atom. The summed E-state index contributed by atoms with van der Waals surface area (Å²) in [6.07, 6.45) is 13.6. The Hall–Kier alpha value is -0.830. The van der Waals surface area contributed by atoms with Crippen molar-refractivity contribution in [2.45, 2.75) is 75.4 Å². The van der Waals surface area contributed by atoms with Crippen molar-refractivity contribution in [2.75, 3.05) is 6.54 Å². The van der Waals surface area contributed by atoms with Crippen LogP contribution in [0.15, 0.2) is 12.7 Å². The van der Waals surface area contributed by atoms with Crippen molar-refractivity contribution in [3.63, 3.8) is 0 Å². The molecule has 0 aromatic rings. The molecular weight excluding hydrogens is 236 g/mol. The van der Waals surface area contributed by atoms with E-state index in [0.717, 1.165) is 25.7 Å². The molecule has 3 heteroatoms. The van der Waals surface area contributed by atoms with Crippen molar-refractivity contribution in [3.8, 4) is 0 Å².